The van der Waals surface area contributed by atoms with Gasteiger partial charge in [-0.05, 0) is 42.6 Å². The van der Waals surface area contributed by atoms with Gasteiger partial charge in [0.25, 0.3) is 0 Å². The first-order valence-electron chi connectivity index (χ1n) is 7.68. The van der Waals surface area contributed by atoms with Crippen molar-refractivity contribution in [2.45, 2.75) is 39.2 Å². The molecule has 1 aromatic carbocycles. The lowest BCUT2D eigenvalue weighted by atomic mass is 9.99. The van der Waals surface area contributed by atoms with Crippen LogP contribution < -0.4 is 5.32 Å². The van der Waals surface area contributed by atoms with Gasteiger partial charge in [0, 0.05) is 6.20 Å². The molecule has 0 saturated heterocycles. The summed E-state index contributed by atoms with van der Waals surface area (Å²) in [7, 11) is 0. The van der Waals surface area contributed by atoms with E-state index in [0.29, 0.717) is 5.02 Å². The highest BCUT2D eigenvalue weighted by Gasteiger charge is 2.17. The number of aryl methyl sites for hydroxylation is 1. The lowest BCUT2D eigenvalue weighted by Gasteiger charge is -2.20. The van der Waals surface area contributed by atoms with Gasteiger partial charge in [-0.2, -0.15) is 0 Å². The smallest absolute Gasteiger partial charge is 0.0804 e. The Bertz CT molecular complexity index is 569. The molecule has 0 aliphatic heterocycles. The predicted molar refractivity (Wildman–Crippen MR) is 89.8 cm³/mol. The van der Waals surface area contributed by atoms with Crippen LogP contribution in [0.15, 0.2) is 42.6 Å². The summed E-state index contributed by atoms with van der Waals surface area (Å²) >= 11 is 6.35. The number of hydrogen-bond acceptors (Lipinski definition) is 2. The third kappa shape index (κ3) is 4.29. The summed E-state index contributed by atoms with van der Waals surface area (Å²) in [6.07, 6.45) is 5.14. The quantitative estimate of drug-likeness (QED) is 0.796. The fourth-order valence-corrected chi connectivity index (χ4v) is 2.72. The second-order valence-electron chi connectivity index (χ2n) is 5.25. The third-order valence-electron chi connectivity index (χ3n) is 3.48. The van der Waals surface area contributed by atoms with Gasteiger partial charge in [0.2, 0.25) is 0 Å². The molecule has 0 aliphatic carbocycles. The van der Waals surface area contributed by atoms with Gasteiger partial charge in [-0.3, -0.25) is 4.98 Å². The van der Waals surface area contributed by atoms with E-state index in [1.165, 1.54) is 11.1 Å². The largest absolute Gasteiger partial charge is 0.305 e. The predicted octanol–water partition coefficient (Wildman–Crippen LogP) is 4.78. The molecule has 2 rings (SSSR count). The molecule has 21 heavy (non-hydrogen) atoms. The minimum Gasteiger partial charge on any atom is -0.305 e. The van der Waals surface area contributed by atoms with E-state index in [1.54, 1.807) is 6.20 Å². The van der Waals surface area contributed by atoms with E-state index in [0.717, 1.165) is 31.5 Å². The number of aromatic nitrogens is 1. The first-order valence-corrected chi connectivity index (χ1v) is 8.06. The molecule has 1 unspecified atom stereocenters. The normalized spacial score (nSPS) is 12.3. The monoisotopic (exact) mass is 302 g/mol. The molecule has 0 amide bonds. The highest BCUT2D eigenvalue weighted by molar-refractivity contribution is 6.31. The molecule has 1 heterocycles. The molecule has 1 aromatic heterocycles. The van der Waals surface area contributed by atoms with Crippen molar-refractivity contribution >= 4 is 11.6 Å². The van der Waals surface area contributed by atoms with Crippen molar-refractivity contribution in [1.29, 1.82) is 0 Å². The van der Waals surface area contributed by atoms with Crippen LogP contribution in [0.2, 0.25) is 5.02 Å². The molecular formula is C18H23ClN2. The Morgan fingerprint density at radius 3 is 2.71 bits per heavy atom. The Kier molecular flexibility index (Phi) is 6.21. The van der Waals surface area contributed by atoms with Crippen LogP contribution in [0.5, 0.6) is 0 Å². The Balaban J connectivity index is 2.36. The van der Waals surface area contributed by atoms with Crippen molar-refractivity contribution in [3.63, 3.8) is 0 Å². The van der Waals surface area contributed by atoms with E-state index < -0.39 is 0 Å². The number of pyridine rings is 1. The van der Waals surface area contributed by atoms with E-state index in [9.17, 15) is 0 Å². The van der Waals surface area contributed by atoms with E-state index in [2.05, 4.69) is 48.4 Å². The van der Waals surface area contributed by atoms with Gasteiger partial charge in [-0.25, -0.2) is 0 Å². The van der Waals surface area contributed by atoms with Crippen LogP contribution in [-0.4, -0.2) is 11.5 Å². The summed E-state index contributed by atoms with van der Waals surface area (Å²) in [5.74, 6) is 0. The average Bonchev–Trinajstić information content (AvgIpc) is 2.50. The molecule has 3 heteroatoms. The zero-order valence-corrected chi connectivity index (χ0v) is 13.5. The van der Waals surface area contributed by atoms with E-state index in [4.69, 9.17) is 11.6 Å². The van der Waals surface area contributed by atoms with Crippen LogP contribution in [-0.2, 0) is 6.42 Å². The Hall–Kier alpha value is -1.38. The molecule has 112 valence electrons. The van der Waals surface area contributed by atoms with Crippen LogP contribution in [0.25, 0.3) is 0 Å². The first kappa shape index (κ1) is 16.0. The fourth-order valence-electron chi connectivity index (χ4n) is 2.49. The zero-order chi connectivity index (χ0) is 15.1. The number of hydrogen-bond donors (Lipinski definition) is 1. The van der Waals surface area contributed by atoms with Crippen molar-refractivity contribution < 1.29 is 0 Å². The molecule has 2 aromatic rings. The van der Waals surface area contributed by atoms with Gasteiger partial charge >= 0.3 is 0 Å². The van der Waals surface area contributed by atoms with E-state index in [1.807, 2.05) is 12.1 Å². The molecule has 0 radical (unpaired) electrons. The highest BCUT2D eigenvalue weighted by atomic mass is 35.5. The summed E-state index contributed by atoms with van der Waals surface area (Å²) in [5, 5.41) is 4.28. The molecule has 0 aliphatic rings. The average molecular weight is 303 g/mol. The molecule has 1 atom stereocenters. The van der Waals surface area contributed by atoms with Crippen LogP contribution in [0, 0.1) is 0 Å². The SMILES string of the molecule is CCCNC(c1cccc(CCC)c1)c1ncccc1Cl. The summed E-state index contributed by atoms with van der Waals surface area (Å²) < 4.78 is 0. The third-order valence-corrected chi connectivity index (χ3v) is 3.80. The second-order valence-corrected chi connectivity index (χ2v) is 5.66. The minimum absolute atomic E-state index is 0.0513. The first-order chi connectivity index (χ1) is 10.3. The van der Waals surface area contributed by atoms with Gasteiger partial charge in [0.1, 0.15) is 0 Å². The van der Waals surface area contributed by atoms with Crippen LogP contribution >= 0.6 is 11.6 Å². The Morgan fingerprint density at radius 2 is 2.00 bits per heavy atom. The molecule has 0 saturated carbocycles. The standard InChI is InChI=1S/C18H23ClN2/c1-3-7-14-8-5-9-15(13-14)17(20-11-4-2)18-16(19)10-6-12-21-18/h5-6,8-10,12-13,17,20H,3-4,7,11H2,1-2H3. The zero-order valence-electron chi connectivity index (χ0n) is 12.8. The minimum atomic E-state index is 0.0513. The van der Waals surface area contributed by atoms with Crippen LogP contribution in [0.1, 0.15) is 49.6 Å². The van der Waals surface area contributed by atoms with Crippen molar-refractivity contribution in [3.8, 4) is 0 Å². The fraction of sp³-hybridized carbons (Fsp3) is 0.389. The van der Waals surface area contributed by atoms with Crippen molar-refractivity contribution in [3.05, 3.63) is 64.4 Å². The molecule has 1 N–H and O–H groups in total. The molecule has 2 nitrogen and oxygen atoms in total. The number of halogens is 1. The summed E-state index contributed by atoms with van der Waals surface area (Å²) in [4.78, 5) is 4.49. The maximum absolute atomic E-state index is 6.35. The number of benzene rings is 1. The maximum atomic E-state index is 6.35. The topological polar surface area (TPSA) is 24.9 Å². The highest BCUT2D eigenvalue weighted by Crippen LogP contribution is 2.27. The summed E-state index contributed by atoms with van der Waals surface area (Å²) in [6.45, 7) is 5.31. The Labute approximate surface area is 132 Å². The lowest BCUT2D eigenvalue weighted by Crippen LogP contribution is -2.24. The molecule has 0 bridgehead atoms. The molecular weight excluding hydrogens is 280 g/mol. The summed E-state index contributed by atoms with van der Waals surface area (Å²) in [5.41, 5.74) is 3.50. The maximum Gasteiger partial charge on any atom is 0.0804 e. The van der Waals surface area contributed by atoms with E-state index in [-0.39, 0.29) is 6.04 Å². The lowest BCUT2D eigenvalue weighted by molar-refractivity contribution is 0.586. The second kappa shape index (κ2) is 8.16. The van der Waals surface area contributed by atoms with Crippen LogP contribution in [0.4, 0.5) is 0 Å². The van der Waals surface area contributed by atoms with Gasteiger partial charge in [0.05, 0.1) is 16.8 Å². The van der Waals surface area contributed by atoms with Gasteiger partial charge in [-0.1, -0.05) is 56.1 Å². The number of rotatable bonds is 7. The Morgan fingerprint density at radius 1 is 1.14 bits per heavy atom. The van der Waals surface area contributed by atoms with E-state index >= 15 is 0 Å². The van der Waals surface area contributed by atoms with Crippen molar-refractivity contribution in [1.82, 2.24) is 10.3 Å². The van der Waals surface area contributed by atoms with Gasteiger partial charge in [0.15, 0.2) is 0 Å². The number of nitrogens with one attached hydrogen (secondary N) is 1. The van der Waals surface area contributed by atoms with Crippen molar-refractivity contribution in [2.24, 2.45) is 0 Å². The van der Waals surface area contributed by atoms with Crippen molar-refractivity contribution in [2.75, 3.05) is 6.54 Å². The number of nitrogens with zero attached hydrogens (tertiary/aromatic N) is 1. The van der Waals surface area contributed by atoms with Gasteiger partial charge in [-0.15, -0.1) is 0 Å². The van der Waals surface area contributed by atoms with Crippen LogP contribution in [0.3, 0.4) is 0 Å². The summed E-state index contributed by atoms with van der Waals surface area (Å²) in [6, 6.07) is 12.5. The van der Waals surface area contributed by atoms with Gasteiger partial charge < -0.3 is 5.32 Å². The molecule has 0 fully saturated rings. The molecule has 0 spiro atoms.